The summed E-state index contributed by atoms with van der Waals surface area (Å²) in [7, 11) is 1.70. The fourth-order valence-electron chi connectivity index (χ4n) is 1.78. The summed E-state index contributed by atoms with van der Waals surface area (Å²) in [5, 5.41) is 8.45. The minimum atomic E-state index is -0.574. The summed E-state index contributed by atoms with van der Waals surface area (Å²) in [6.45, 7) is 2.49. The first-order valence-corrected chi connectivity index (χ1v) is 7.37. The van der Waals surface area contributed by atoms with Gasteiger partial charge in [0, 0.05) is 11.9 Å². The average Bonchev–Trinajstić information content (AvgIpc) is 3.13. The molecule has 0 saturated heterocycles. The summed E-state index contributed by atoms with van der Waals surface area (Å²) in [6, 6.07) is 7.52. The van der Waals surface area contributed by atoms with Crippen LogP contribution in [0.5, 0.6) is 0 Å². The SMILES string of the molecule is CN=C(NCc1ccc(C(N)=O)o1)NC(C)c1cccs1.I. The molecular formula is C14H19IN4O2S. The number of nitrogens with two attached hydrogens (primary N) is 1. The fourth-order valence-corrected chi connectivity index (χ4v) is 2.52. The quantitative estimate of drug-likeness (QED) is 0.383. The molecule has 1 atom stereocenters. The van der Waals surface area contributed by atoms with E-state index in [9.17, 15) is 4.79 Å². The Morgan fingerprint density at radius 1 is 1.45 bits per heavy atom. The molecule has 2 rings (SSSR count). The number of hydrogen-bond donors (Lipinski definition) is 3. The molecule has 1 amide bonds. The first kappa shape index (κ1) is 18.5. The van der Waals surface area contributed by atoms with E-state index in [0.29, 0.717) is 18.3 Å². The second kappa shape index (κ2) is 8.79. The van der Waals surface area contributed by atoms with Gasteiger partial charge in [-0.05, 0) is 30.5 Å². The molecule has 22 heavy (non-hydrogen) atoms. The van der Waals surface area contributed by atoms with Gasteiger partial charge >= 0.3 is 0 Å². The predicted molar refractivity (Wildman–Crippen MR) is 98.7 cm³/mol. The van der Waals surface area contributed by atoms with Crippen LogP contribution >= 0.6 is 35.3 Å². The van der Waals surface area contributed by atoms with Crippen LogP contribution in [0.15, 0.2) is 39.1 Å². The molecule has 1 unspecified atom stereocenters. The van der Waals surface area contributed by atoms with Gasteiger partial charge in [0.15, 0.2) is 11.7 Å². The number of rotatable bonds is 5. The summed E-state index contributed by atoms with van der Waals surface area (Å²) >= 11 is 1.69. The summed E-state index contributed by atoms with van der Waals surface area (Å²) in [5.41, 5.74) is 5.14. The van der Waals surface area contributed by atoms with Crippen LogP contribution in [0.25, 0.3) is 0 Å². The molecule has 2 aromatic heterocycles. The zero-order valence-electron chi connectivity index (χ0n) is 12.3. The van der Waals surface area contributed by atoms with Crippen molar-refractivity contribution in [2.45, 2.75) is 19.5 Å². The van der Waals surface area contributed by atoms with Gasteiger partial charge in [-0.15, -0.1) is 35.3 Å². The van der Waals surface area contributed by atoms with Crippen LogP contribution in [0.3, 0.4) is 0 Å². The molecule has 120 valence electrons. The van der Waals surface area contributed by atoms with E-state index >= 15 is 0 Å². The average molecular weight is 434 g/mol. The minimum absolute atomic E-state index is 0. The lowest BCUT2D eigenvalue weighted by atomic mass is 10.3. The highest BCUT2D eigenvalue weighted by atomic mass is 127. The number of primary amides is 1. The number of amides is 1. The lowest BCUT2D eigenvalue weighted by molar-refractivity contribution is 0.0972. The Morgan fingerprint density at radius 2 is 2.23 bits per heavy atom. The molecule has 0 saturated carbocycles. The van der Waals surface area contributed by atoms with E-state index in [0.717, 1.165) is 0 Å². The predicted octanol–water partition coefficient (Wildman–Crippen LogP) is 2.48. The zero-order chi connectivity index (χ0) is 15.2. The van der Waals surface area contributed by atoms with E-state index in [1.807, 2.05) is 11.4 Å². The smallest absolute Gasteiger partial charge is 0.284 e. The van der Waals surface area contributed by atoms with E-state index < -0.39 is 5.91 Å². The van der Waals surface area contributed by atoms with Crippen molar-refractivity contribution in [2.24, 2.45) is 10.7 Å². The highest BCUT2D eigenvalue weighted by Gasteiger charge is 2.10. The third kappa shape index (κ3) is 5.02. The zero-order valence-corrected chi connectivity index (χ0v) is 15.5. The molecule has 2 aromatic rings. The van der Waals surface area contributed by atoms with Crippen LogP contribution < -0.4 is 16.4 Å². The topological polar surface area (TPSA) is 92.6 Å². The van der Waals surface area contributed by atoms with Gasteiger partial charge in [-0.25, -0.2) is 0 Å². The first-order chi connectivity index (χ1) is 10.1. The van der Waals surface area contributed by atoms with E-state index in [4.69, 9.17) is 10.2 Å². The molecule has 0 bridgehead atoms. The van der Waals surface area contributed by atoms with Crippen molar-refractivity contribution in [3.05, 3.63) is 46.0 Å². The first-order valence-electron chi connectivity index (χ1n) is 6.49. The van der Waals surface area contributed by atoms with Crippen LogP contribution in [-0.4, -0.2) is 18.9 Å². The van der Waals surface area contributed by atoms with Crippen molar-refractivity contribution >= 4 is 47.2 Å². The Balaban J connectivity index is 0.00000242. The van der Waals surface area contributed by atoms with Gasteiger partial charge in [-0.1, -0.05) is 6.07 Å². The molecule has 0 fully saturated rings. The largest absolute Gasteiger partial charge is 0.454 e. The Labute approximate surface area is 150 Å². The van der Waals surface area contributed by atoms with Gasteiger partial charge in [0.25, 0.3) is 5.91 Å². The molecule has 8 heteroatoms. The van der Waals surface area contributed by atoms with Crippen molar-refractivity contribution in [3.8, 4) is 0 Å². The van der Waals surface area contributed by atoms with Crippen LogP contribution in [0.4, 0.5) is 0 Å². The second-order valence-corrected chi connectivity index (χ2v) is 5.42. The molecular weight excluding hydrogens is 415 g/mol. The molecule has 0 aromatic carbocycles. The number of carbonyl (C=O) groups is 1. The number of carbonyl (C=O) groups excluding carboxylic acids is 1. The molecule has 0 aliphatic carbocycles. The fraction of sp³-hybridized carbons (Fsp3) is 0.286. The van der Waals surface area contributed by atoms with Gasteiger partial charge in [0.2, 0.25) is 0 Å². The number of furan rings is 1. The lowest BCUT2D eigenvalue weighted by Gasteiger charge is -2.16. The van der Waals surface area contributed by atoms with Gasteiger partial charge in [0.05, 0.1) is 12.6 Å². The van der Waals surface area contributed by atoms with Crippen molar-refractivity contribution in [2.75, 3.05) is 7.05 Å². The number of halogens is 1. The normalized spacial score (nSPS) is 12.4. The minimum Gasteiger partial charge on any atom is -0.454 e. The Bertz CT molecular complexity index is 625. The van der Waals surface area contributed by atoms with Crippen molar-refractivity contribution in [1.82, 2.24) is 10.6 Å². The molecule has 2 heterocycles. The summed E-state index contributed by atoms with van der Waals surface area (Å²) in [5.74, 6) is 0.861. The molecule has 0 aliphatic heterocycles. The lowest BCUT2D eigenvalue weighted by Crippen LogP contribution is -2.38. The van der Waals surface area contributed by atoms with Crippen LogP contribution in [-0.2, 0) is 6.54 Å². The Morgan fingerprint density at radius 3 is 2.77 bits per heavy atom. The number of aliphatic imine (C=N–C) groups is 1. The highest BCUT2D eigenvalue weighted by Crippen LogP contribution is 2.17. The van der Waals surface area contributed by atoms with Crippen molar-refractivity contribution in [3.63, 3.8) is 0 Å². The number of guanidine groups is 1. The van der Waals surface area contributed by atoms with Gasteiger partial charge in [-0.2, -0.15) is 0 Å². The maximum Gasteiger partial charge on any atom is 0.284 e. The second-order valence-electron chi connectivity index (χ2n) is 4.44. The van der Waals surface area contributed by atoms with Crippen molar-refractivity contribution < 1.29 is 9.21 Å². The van der Waals surface area contributed by atoms with Gasteiger partial charge in [-0.3, -0.25) is 9.79 Å². The molecule has 0 aliphatic rings. The third-order valence-corrected chi connectivity index (χ3v) is 3.94. The van der Waals surface area contributed by atoms with E-state index in [-0.39, 0.29) is 35.8 Å². The van der Waals surface area contributed by atoms with Crippen LogP contribution in [0, 0.1) is 0 Å². The number of nitrogens with zero attached hydrogens (tertiary/aromatic N) is 1. The van der Waals surface area contributed by atoms with E-state index in [1.165, 1.54) is 4.88 Å². The summed E-state index contributed by atoms with van der Waals surface area (Å²) in [4.78, 5) is 16.3. The maximum atomic E-state index is 11.0. The number of nitrogens with one attached hydrogen (secondary N) is 2. The Kier molecular flexibility index (Phi) is 7.39. The van der Waals surface area contributed by atoms with Crippen LogP contribution in [0.2, 0.25) is 0 Å². The van der Waals surface area contributed by atoms with E-state index in [1.54, 1.807) is 30.5 Å². The van der Waals surface area contributed by atoms with Gasteiger partial charge < -0.3 is 20.8 Å². The molecule has 0 radical (unpaired) electrons. The maximum absolute atomic E-state index is 11.0. The Hall–Kier alpha value is -1.55. The van der Waals surface area contributed by atoms with Crippen LogP contribution in [0.1, 0.15) is 34.2 Å². The monoisotopic (exact) mass is 434 g/mol. The summed E-state index contributed by atoms with van der Waals surface area (Å²) < 4.78 is 5.30. The van der Waals surface area contributed by atoms with Crippen molar-refractivity contribution in [1.29, 1.82) is 0 Å². The number of hydrogen-bond acceptors (Lipinski definition) is 4. The molecule has 4 N–H and O–H groups in total. The van der Waals surface area contributed by atoms with E-state index in [2.05, 4.69) is 28.6 Å². The molecule has 0 spiro atoms. The standard InChI is InChI=1S/C14H18N4O2S.HI/c1-9(12-4-3-7-21-12)18-14(16-2)17-8-10-5-6-11(20-10)13(15)19;/h3-7,9H,8H2,1-2H3,(H2,15,19)(H2,16,17,18);1H. The summed E-state index contributed by atoms with van der Waals surface area (Å²) in [6.07, 6.45) is 0. The number of thiophene rings is 1. The highest BCUT2D eigenvalue weighted by molar-refractivity contribution is 14.0. The van der Waals surface area contributed by atoms with Gasteiger partial charge in [0.1, 0.15) is 5.76 Å². The molecule has 6 nitrogen and oxygen atoms in total. The third-order valence-electron chi connectivity index (χ3n) is 2.88.